The van der Waals surface area contributed by atoms with Crippen LogP contribution in [0.25, 0.3) is 0 Å². The fourth-order valence-corrected chi connectivity index (χ4v) is 3.12. The third-order valence-corrected chi connectivity index (χ3v) is 4.30. The molecule has 1 saturated heterocycles. The van der Waals surface area contributed by atoms with Crippen LogP contribution >= 0.6 is 0 Å². The number of ether oxygens (including phenoxy) is 2. The van der Waals surface area contributed by atoms with Gasteiger partial charge in [-0.25, -0.2) is 4.79 Å². The van der Waals surface area contributed by atoms with Crippen LogP contribution in [0.3, 0.4) is 0 Å². The Labute approximate surface area is 154 Å². The van der Waals surface area contributed by atoms with E-state index in [1.807, 2.05) is 59.5 Å². The molecule has 1 atom stereocenters. The summed E-state index contributed by atoms with van der Waals surface area (Å²) in [5.41, 5.74) is 0.721. The number of urea groups is 1. The van der Waals surface area contributed by atoms with Gasteiger partial charge >= 0.3 is 6.03 Å². The van der Waals surface area contributed by atoms with Crippen molar-refractivity contribution in [3.63, 3.8) is 0 Å². The summed E-state index contributed by atoms with van der Waals surface area (Å²) in [5, 5.41) is 2.99. The second kappa shape index (κ2) is 8.72. The highest BCUT2D eigenvalue weighted by molar-refractivity contribution is 5.89. The van der Waals surface area contributed by atoms with Crippen LogP contribution in [-0.2, 0) is 4.74 Å². The number of amides is 2. The lowest BCUT2D eigenvalue weighted by Crippen LogP contribution is -2.50. The van der Waals surface area contributed by atoms with Gasteiger partial charge in [-0.3, -0.25) is 0 Å². The molecule has 1 fully saturated rings. The molecule has 0 saturated carbocycles. The minimum Gasteiger partial charge on any atom is -0.457 e. The number of nitrogens with zero attached hydrogens (tertiary/aromatic N) is 1. The molecule has 2 amide bonds. The SMILES string of the molecule is CC(C)CC1COCCN1C(=O)Nc1cccc(Oc2ccccc2)c1. The van der Waals surface area contributed by atoms with E-state index in [9.17, 15) is 4.79 Å². The number of anilines is 1. The van der Waals surface area contributed by atoms with Crippen LogP contribution in [-0.4, -0.2) is 36.7 Å². The number of benzene rings is 2. The Morgan fingerprint density at radius 3 is 2.73 bits per heavy atom. The van der Waals surface area contributed by atoms with Crippen LogP contribution in [0.1, 0.15) is 20.3 Å². The molecule has 2 aromatic carbocycles. The third kappa shape index (κ3) is 4.99. The maximum atomic E-state index is 12.7. The van der Waals surface area contributed by atoms with Gasteiger partial charge in [0, 0.05) is 18.3 Å². The van der Waals surface area contributed by atoms with Gasteiger partial charge in [-0.15, -0.1) is 0 Å². The van der Waals surface area contributed by atoms with Crippen molar-refractivity contribution < 1.29 is 14.3 Å². The second-order valence-corrected chi connectivity index (χ2v) is 6.92. The van der Waals surface area contributed by atoms with Crippen LogP contribution < -0.4 is 10.1 Å². The lowest BCUT2D eigenvalue weighted by molar-refractivity contribution is 0.00857. The fraction of sp³-hybridized carbons (Fsp3) is 0.381. The molecule has 1 aliphatic heterocycles. The first-order chi connectivity index (χ1) is 12.6. The minimum atomic E-state index is -0.0872. The second-order valence-electron chi connectivity index (χ2n) is 6.92. The van der Waals surface area contributed by atoms with Gasteiger partial charge in [0.2, 0.25) is 0 Å². The van der Waals surface area contributed by atoms with E-state index < -0.39 is 0 Å². The predicted molar refractivity (Wildman–Crippen MR) is 103 cm³/mol. The summed E-state index contributed by atoms with van der Waals surface area (Å²) >= 11 is 0. The molecule has 0 spiro atoms. The lowest BCUT2D eigenvalue weighted by Gasteiger charge is -2.36. The number of hydrogen-bond acceptors (Lipinski definition) is 3. The van der Waals surface area contributed by atoms with Crippen molar-refractivity contribution in [2.45, 2.75) is 26.3 Å². The number of carbonyl (C=O) groups excluding carboxylic acids is 1. The molecular formula is C21H26N2O3. The molecule has 5 heteroatoms. The first kappa shape index (κ1) is 18.3. The third-order valence-electron chi connectivity index (χ3n) is 4.30. The molecule has 0 bridgehead atoms. The van der Waals surface area contributed by atoms with Crippen molar-refractivity contribution in [1.82, 2.24) is 4.90 Å². The minimum absolute atomic E-state index is 0.0872. The zero-order valence-corrected chi connectivity index (χ0v) is 15.4. The average molecular weight is 354 g/mol. The Morgan fingerprint density at radius 1 is 1.19 bits per heavy atom. The summed E-state index contributed by atoms with van der Waals surface area (Å²) < 4.78 is 11.4. The van der Waals surface area contributed by atoms with E-state index in [-0.39, 0.29) is 12.1 Å². The van der Waals surface area contributed by atoms with Gasteiger partial charge in [-0.2, -0.15) is 0 Å². The van der Waals surface area contributed by atoms with Crippen LogP contribution in [0, 0.1) is 5.92 Å². The Kier molecular flexibility index (Phi) is 6.12. The van der Waals surface area contributed by atoms with E-state index in [0.717, 1.165) is 17.9 Å². The van der Waals surface area contributed by atoms with Crippen molar-refractivity contribution in [2.24, 2.45) is 5.92 Å². The number of rotatable bonds is 5. The van der Waals surface area contributed by atoms with Crippen LogP contribution in [0.2, 0.25) is 0 Å². The van der Waals surface area contributed by atoms with Crippen molar-refractivity contribution in [2.75, 3.05) is 25.1 Å². The number of para-hydroxylation sites is 1. The smallest absolute Gasteiger partial charge is 0.322 e. The van der Waals surface area contributed by atoms with Gasteiger partial charge in [0.15, 0.2) is 0 Å². The zero-order chi connectivity index (χ0) is 18.4. The van der Waals surface area contributed by atoms with E-state index in [4.69, 9.17) is 9.47 Å². The largest absolute Gasteiger partial charge is 0.457 e. The molecule has 5 nitrogen and oxygen atoms in total. The summed E-state index contributed by atoms with van der Waals surface area (Å²) in [4.78, 5) is 14.6. The number of hydrogen-bond donors (Lipinski definition) is 1. The average Bonchev–Trinajstić information content (AvgIpc) is 2.63. The maximum Gasteiger partial charge on any atom is 0.322 e. The molecular weight excluding hydrogens is 328 g/mol. The van der Waals surface area contributed by atoms with Gasteiger partial charge in [-0.1, -0.05) is 38.1 Å². The molecule has 0 radical (unpaired) electrons. The van der Waals surface area contributed by atoms with Gasteiger partial charge in [-0.05, 0) is 36.6 Å². The monoisotopic (exact) mass is 354 g/mol. The Bertz CT molecular complexity index is 718. The van der Waals surface area contributed by atoms with Crippen molar-refractivity contribution in [1.29, 1.82) is 0 Å². The predicted octanol–water partition coefficient (Wildman–Crippen LogP) is 4.76. The highest BCUT2D eigenvalue weighted by Gasteiger charge is 2.27. The molecule has 0 aromatic heterocycles. The number of morpholine rings is 1. The van der Waals surface area contributed by atoms with E-state index in [2.05, 4.69) is 19.2 Å². The van der Waals surface area contributed by atoms with E-state index in [1.54, 1.807) is 0 Å². The molecule has 1 heterocycles. The van der Waals surface area contributed by atoms with Crippen molar-refractivity contribution >= 4 is 11.7 Å². The molecule has 3 rings (SSSR count). The molecule has 1 N–H and O–H groups in total. The van der Waals surface area contributed by atoms with E-state index in [1.165, 1.54) is 0 Å². The van der Waals surface area contributed by atoms with Crippen LogP contribution in [0.15, 0.2) is 54.6 Å². The molecule has 0 aliphatic carbocycles. The van der Waals surface area contributed by atoms with Crippen molar-refractivity contribution in [3.05, 3.63) is 54.6 Å². The Balaban J connectivity index is 1.66. The number of nitrogens with one attached hydrogen (secondary N) is 1. The normalized spacial score (nSPS) is 17.2. The quantitative estimate of drug-likeness (QED) is 0.842. The highest BCUT2D eigenvalue weighted by atomic mass is 16.5. The molecule has 1 unspecified atom stereocenters. The van der Waals surface area contributed by atoms with Crippen molar-refractivity contribution in [3.8, 4) is 11.5 Å². The first-order valence-electron chi connectivity index (χ1n) is 9.10. The zero-order valence-electron chi connectivity index (χ0n) is 15.4. The highest BCUT2D eigenvalue weighted by Crippen LogP contribution is 2.24. The maximum absolute atomic E-state index is 12.7. The van der Waals surface area contributed by atoms with Gasteiger partial charge in [0.05, 0.1) is 19.3 Å². The van der Waals surface area contributed by atoms with Gasteiger partial charge < -0.3 is 19.7 Å². The van der Waals surface area contributed by atoms with Gasteiger partial charge in [0.25, 0.3) is 0 Å². The topological polar surface area (TPSA) is 50.8 Å². The number of carbonyl (C=O) groups is 1. The lowest BCUT2D eigenvalue weighted by atomic mass is 10.0. The summed E-state index contributed by atoms with van der Waals surface area (Å²) in [6.07, 6.45) is 0.935. The van der Waals surface area contributed by atoms with E-state index >= 15 is 0 Å². The fourth-order valence-electron chi connectivity index (χ4n) is 3.12. The van der Waals surface area contributed by atoms with Crippen LogP contribution in [0.4, 0.5) is 10.5 Å². The summed E-state index contributed by atoms with van der Waals surface area (Å²) in [6, 6.07) is 17.1. The van der Waals surface area contributed by atoms with Crippen LogP contribution in [0.5, 0.6) is 11.5 Å². The molecule has 2 aromatic rings. The molecule has 1 aliphatic rings. The summed E-state index contributed by atoms with van der Waals surface area (Å²) in [6.45, 7) is 6.12. The standard InChI is InChI=1S/C21H26N2O3/c1-16(2)13-18-15-25-12-11-23(18)21(24)22-17-7-6-10-20(14-17)26-19-8-4-3-5-9-19/h3-10,14,16,18H,11-13,15H2,1-2H3,(H,22,24). The summed E-state index contributed by atoms with van der Waals surface area (Å²) in [5.74, 6) is 1.97. The first-order valence-corrected chi connectivity index (χ1v) is 9.10. The molecule has 138 valence electrons. The Morgan fingerprint density at radius 2 is 1.96 bits per heavy atom. The molecule has 26 heavy (non-hydrogen) atoms. The Hall–Kier alpha value is -2.53. The van der Waals surface area contributed by atoms with Gasteiger partial charge in [0.1, 0.15) is 11.5 Å². The van der Waals surface area contributed by atoms with E-state index in [0.29, 0.717) is 31.4 Å². The summed E-state index contributed by atoms with van der Waals surface area (Å²) in [7, 11) is 0.